The van der Waals surface area contributed by atoms with Gasteiger partial charge in [-0.05, 0) is 31.2 Å². The summed E-state index contributed by atoms with van der Waals surface area (Å²) in [6, 6.07) is 13.7. The van der Waals surface area contributed by atoms with Crippen LogP contribution in [0.3, 0.4) is 0 Å². The lowest BCUT2D eigenvalue weighted by molar-refractivity contribution is -0.137. The summed E-state index contributed by atoms with van der Waals surface area (Å²) in [7, 11) is 0. The van der Waals surface area contributed by atoms with E-state index in [0.29, 0.717) is 31.9 Å². The minimum absolute atomic E-state index is 0.114. The van der Waals surface area contributed by atoms with Gasteiger partial charge in [0.25, 0.3) is 5.91 Å². The van der Waals surface area contributed by atoms with Crippen molar-refractivity contribution >= 4 is 28.4 Å². The number of para-hydroxylation sites is 2. The normalized spacial score (nSPS) is 16.2. The highest BCUT2D eigenvalue weighted by molar-refractivity contribution is 5.98. The number of nitrogens with zero attached hydrogens (tertiary/aromatic N) is 2. The zero-order valence-electron chi connectivity index (χ0n) is 17.4. The molecule has 1 fully saturated rings. The van der Waals surface area contributed by atoms with Crippen LogP contribution in [0.2, 0.25) is 0 Å². The Labute approximate surface area is 183 Å². The van der Waals surface area contributed by atoms with Crippen molar-refractivity contribution in [3.63, 3.8) is 0 Å². The van der Waals surface area contributed by atoms with Gasteiger partial charge in [0.05, 0.1) is 17.3 Å². The molecule has 1 aromatic heterocycles. The first kappa shape index (κ1) is 21.9. The van der Waals surface area contributed by atoms with Gasteiger partial charge >= 0.3 is 6.18 Å². The number of H-pyrrole nitrogens is 1. The van der Waals surface area contributed by atoms with Crippen molar-refractivity contribution in [3.05, 3.63) is 65.9 Å². The van der Waals surface area contributed by atoms with Crippen LogP contribution in [-0.4, -0.2) is 58.8 Å². The predicted octanol–water partition coefficient (Wildman–Crippen LogP) is 3.97. The van der Waals surface area contributed by atoms with E-state index in [-0.39, 0.29) is 11.6 Å². The molecule has 3 aromatic rings. The lowest BCUT2D eigenvalue weighted by Gasteiger charge is -2.37. The van der Waals surface area contributed by atoms with E-state index in [1.807, 2.05) is 35.2 Å². The summed E-state index contributed by atoms with van der Waals surface area (Å²) in [5.41, 5.74) is 0.256. The lowest BCUT2D eigenvalue weighted by atomic mass is 10.1. The van der Waals surface area contributed by atoms with E-state index < -0.39 is 23.7 Å². The Bertz CT molecular complexity index is 1100. The molecule has 9 heteroatoms. The lowest BCUT2D eigenvalue weighted by Crippen LogP contribution is -2.54. The number of halogens is 3. The number of aromatic amines is 1. The van der Waals surface area contributed by atoms with Crippen molar-refractivity contribution in [2.45, 2.75) is 19.1 Å². The number of aromatic nitrogens is 1. The fraction of sp³-hybridized carbons (Fsp3) is 0.304. The third-order valence-corrected chi connectivity index (χ3v) is 5.78. The van der Waals surface area contributed by atoms with Gasteiger partial charge in [-0.15, -0.1) is 0 Å². The van der Waals surface area contributed by atoms with Crippen LogP contribution in [0.4, 0.5) is 18.9 Å². The number of hydrogen-bond donors (Lipinski definition) is 2. The highest BCUT2D eigenvalue weighted by Crippen LogP contribution is 2.34. The summed E-state index contributed by atoms with van der Waals surface area (Å²) in [6.45, 7) is 3.39. The summed E-state index contributed by atoms with van der Waals surface area (Å²) in [5.74, 6) is -0.630. The molecule has 4 rings (SSSR count). The van der Waals surface area contributed by atoms with Crippen LogP contribution >= 0.6 is 0 Å². The molecule has 1 saturated heterocycles. The highest BCUT2D eigenvalue weighted by Gasteiger charge is 2.34. The minimum Gasteiger partial charge on any atom is -0.351 e. The van der Waals surface area contributed by atoms with Crippen LogP contribution in [0, 0.1) is 0 Å². The van der Waals surface area contributed by atoms with E-state index in [9.17, 15) is 22.8 Å². The summed E-state index contributed by atoms with van der Waals surface area (Å²) in [6.07, 6.45) is -4.55. The molecule has 32 heavy (non-hydrogen) atoms. The van der Waals surface area contributed by atoms with Crippen LogP contribution < -0.4 is 5.32 Å². The van der Waals surface area contributed by atoms with Crippen molar-refractivity contribution in [1.29, 1.82) is 0 Å². The largest absolute Gasteiger partial charge is 0.418 e. The van der Waals surface area contributed by atoms with E-state index in [2.05, 4.69) is 10.3 Å². The molecule has 0 aliphatic carbocycles. The number of carbonyl (C=O) groups is 2. The van der Waals surface area contributed by atoms with Gasteiger partial charge < -0.3 is 15.2 Å². The van der Waals surface area contributed by atoms with Crippen LogP contribution in [-0.2, 0) is 11.0 Å². The first-order valence-corrected chi connectivity index (χ1v) is 10.3. The zero-order valence-corrected chi connectivity index (χ0v) is 17.4. The Kier molecular flexibility index (Phi) is 5.92. The number of fused-ring (bicyclic) bond motifs is 1. The van der Waals surface area contributed by atoms with E-state index in [4.69, 9.17) is 0 Å². The number of anilines is 1. The van der Waals surface area contributed by atoms with Gasteiger partial charge in [0.15, 0.2) is 0 Å². The summed E-state index contributed by atoms with van der Waals surface area (Å²) in [5, 5.41) is 3.36. The van der Waals surface area contributed by atoms with Crippen LogP contribution in [0.1, 0.15) is 23.0 Å². The van der Waals surface area contributed by atoms with Crippen molar-refractivity contribution in [1.82, 2.24) is 14.8 Å². The van der Waals surface area contributed by atoms with Crippen LogP contribution in [0.5, 0.6) is 0 Å². The molecule has 6 nitrogen and oxygen atoms in total. The van der Waals surface area contributed by atoms with Gasteiger partial charge in [0.1, 0.15) is 5.69 Å². The molecule has 168 valence electrons. The van der Waals surface area contributed by atoms with E-state index in [1.54, 1.807) is 11.8 Å². The van der Waals surface area contributed by atoms with E-state index in [1.165, 1.54) is 18.2 Å². The third kappa shape index (κ3) is 4.47. The highest BCUT2D eigenvalue weighted by atomic mass is 19.4. The molecule has 0 bridgehead atoms. The molecular formula is C23H23F3N4O2. The number of alkyl halides is 3. The zero-order chi connectivity index (χ0) is 22.9. The molecule has 0 radical (unpaired) electrons. The number of piperazine rings is 1. The molecule has 1 aliphatic heterocycles. The molecule has 1 atom stereocenters. The number of hydrogen-bond acceptors (Lipinski definition) is 3. The maximum absolute atomic E-state index is 13.2. The first-order chi connectivity index (χ1) is 15.2. The van der Waals surface area contributed by atoms with Gasteiger partial charge in [-0.2, -0.15) is 13.2 Å². The fourth-order valence-electron chi connectivity index (χ4n) is 3.91. The summed E-state index contributed by atoms with van der Waals surface area (Å²) < 4.78 is 39.5. The Balaban J connectivity index is 1.37. The Morgan fingerprint density at radius 3 is 2.34 bits per heavy atom. The van der Waals surface area contributed by atoms with Crippen LogP contribution in [0.15, 0.2) is 54.6 Å². The molecule has 1 unspecified atom stereocenters. The van der Waals surface area contributed by atoms with Crippen molar-refractivity contribution in [3.8, 4) is 0 Å². The summed E-state index contributed by atoms with van der Waals surface area (Å²) >= 11 is 0. The molecule has 1 aliphatic rings. The van der Waals surface area contributed by atoms with E-state index >= 15 is 0 Å². The van der Waals surface area contributed by atoms with Gasteiger partial charge in [-0.3, -0.25) is 14.5 Å². The van der Waals surface area contributed by atoms with Crippen molar-refractivity contribution < 1.29 is 22.8 Å². The second-order valence-electron chi connectivity index (χ2n) is 7.81. The Morgan fingerprint density at radius 2 is 1.66 bits per heavy atom. The van der Waals surface area contributed by atoms with Gasteiger partial charge in [0.2, 0.25) is 5.91 Å². The third-order valence-electron chi connectivity index (χ3n) is 5.78. The number of rotatable bonds is 4. The topological polar surface area (TPSA) is 68.4 Å². The molecule has 2 N–H and O–H groups in total. The number of benzene rings is 2. The molecule has 2 aromatic carbocycles. The summed E-state index contributed by atoms with van der Waals surface area (Å²) in [4.78, 5) is 32.2. The molecule has 2 amide bonds. The second-order valence-corrected chi connectivity index (χ2v) is 7.81. The number of nitrogens with one attached hydrogen (secondary N) is 2. The average Bonchev–Trinajstić information content (AvgIpc) is 3.22. The Morgan fingerprint density at radius 1 is 1.00 bits per heavy atom. The van der Waals surface area contributed by atoms with Gasteiger partial charge in [-0.1, -0.05) is 30.3 Å². The standard InChI is InChI=1S/C23H23F3N4O2/c1-15(21(31)28-19-9-5-3-7-17(19)23(24,25)26)29-10-12-30(13-11-29)22(32)20-14-16-6-2-4-8-18(16)27-20/h2-9,14-15,27H,10-13H2,1H3,(H,28,31). The monoisotopic (exact) mass is 444 g/mol. The molecule has 0 saturated carbocycles. The first-order valence-electron chi connectivity index (χ1n) is 10.3. The average molecular weight is 444 g/mol. The second kappa shape index (κ2) is 8.66. The van der Waals surface area contributed by atoms with Gasteiger partial charge in [-0.25, -0.2) is 0 Å². The smallest absolute Gasteiger partial charge is 0.351 e. The molecular weight excluding hydrogens is 421 g/mol. The quantitative estimate of drug-likeness (QED) is 0.640. The molecule has 2 heterocycles. The van der Waals surface area contributed by atoms with Crippen LogP contribution in [0.25, 0.3) is 10.9 Å². The maximum Gasteiger partial charge on any atom is 0.418 e. The Hall–Kier alpha value is -3.33. The SMILES string of the molecule is CC(C(=O)Nc1ccccc1C(F)(F)F)N1CCN(C(=O)c2cc3ccccc3[nH]2)CC1. The predicted molar refractivity (Wildman–Crippen MR) is 115 cm³/mol. The number of carbonyl (C=O) groups excluding carboxylic acids is 2. The van der Waals surface area contributed by atoms with Crippen molar-refractivity contribution in [2.24, 2.45) is 0 Å². The van der Waals surface area contributed by atoms with Crippen molar-refractivity contribution in [2.75, 3.05) is 31.5 Å². The minimum atomic E-state index is -4.55. The van der Waals surface area contributed by atoms with E-state index in [0.717, 1.165) is 17.0 Å². The number of amides is 2. The maximum atomic E-state index is 13.2. The van der Waals surface area contributed by atoms with Gasteiger partial charge in [0, 0.05) is 37.1 Å². The molecule has 0 spiro atoms. The fourth-order valence-corrected chi connectivity index (χ4v) is 3.91.